The van der Waals surface area contributed by atoms with E-state index in [-0.39, 0.29) is 36.1 Å². The molecule has 0 N–H and O–H groups in total. The van der Waals surface area contributed by atoms with Crippen LogP contribution in [0, 0.1) is 23.7 Å². The zero-order valence-corrected chi connectivity index (χ0v) is 15.5. The molecule has 3 amide bonds. The van der Waals surface area contributed by atoms with Gasteiger partial charge in [-0.3, -0.25) is 24.2 Å². The molecule has 2 bridgehead atoms. The van der Waals surface area contributed by atoms with Gasteiger partial charge in [-0.05, 0) is 55.4 Å². The van der Waals surface area contributed by atoms with Gasteiger partial charge in [-0.25, -0.2) is 0 Å². The molecule has 2 aromatic carbocycles. The van der Waals surface area contributed by atoms with E-state index in [0.717, 1.165) is 30.6 Å². The average Bonchev–Trinajstić information content (AvgIpc) is 3.40. The third kappa shape index (κ3) is 2.57. The van der Waals surface area contributed by atoms with E-state index in [2.05, 4.69) is 0 Å². The molecular weight excluding hydrogens is 352 g/mol. The molecule has 3 aliphatic rings. The largest absolute Gasteiger partial charge is 0.280 e. The molecule has 0 spiro atoms. The first-order chi connectivity index (χ1) is 13.6. The first kappa shape index (κ1) is 17.2. The summed E-state index contributed by atoms with van der Waals surface area (Å²) >= 11 is 0. The lowest BCUT2D eigenvalue weighted by Crippen LogP contribution is -2.42. The Morgan fingerprint density at radius 1 is 0.821 bits per heavy atom. The van der Waals surface area contributed by atoms with Crippen LogP contribution in [-0.2, 0) is 14.4 Å². The van der Waals surface area contributed by atoms with Crippen molar-refractivity contribution in [3.63, 3.8) is 0 Å². The Kier molecular flexibility index (Phi) is 4.04. The number of carbonyl (C=O) groups is 3. The lowest BCUT2D eigenvalue weighted by molar-refractivity contribution is -0.143. The lowest BCUT2D eigenvalue weighted by atomic mass is 9.81. The van der Waals surface area contributed by atoms with Crippen LogP contribution >= 0.6 is 0 Å². The van der Waals surface area contributed by atoms with Crippen molar-refractivity contribution in [2.24, 2.45) is 23.7 Å². The third-order valence-corrected chi connectivity index (χ3v) is 6.59. The number of para-hydroxylation sites is 2. The van der Waals surface area contributed by atoms with E-state index in [9.17, 15) is 14.4 Å². The Hall–Kier alpha value is -2.95. The highest BCUT2D eigenvalue weighted by atomic mass is 16.2. The molecule has 0 aromatic heterocycles. The van der Waals surface area contributed by atoms with E-state index in [1.807, 2.05) is 60.7 Å². The van der Waals surface area contributed by atoms with Crippen molar-refractivity contribution in [1.82, 2.24) is 4.90 Å². The van der Waals surface area contributed by atoms with E-state index in [1.54, 1.807) is 4.90 Å². The molecule has 1 heterocycles. The normalized spacial score (nSPS) is 27.9. The highest BCUT2D eigenvalue weighted by Crippen LogP contribution is 2.56. The van der Waals surface area contributed by atoms with Crippen LogP contribution in [-0.4, -0.2) is 29.2 Å². The maximum atomic E-state index is 13.3. The molecule has 2 aliphatic carbocycles. The van der Waals surface area contributed by atoms with Crippen molar-refractivity contribution in [3.8, 4) is 0 Å². The first-order valence-corrected chi connectivity index (χ1v) is 9.93. The second-order valence-electron chi connectivity index (χ2n) is 8.05. The highest BCUT2D eigenvalue weighted by molar-refractivity contribution is 6.11. The summed E-state index contributed by atoms with van der Waals surface area (Å²) < 4.78 is 0. The van der Waals surface area contributed by atoms with Crippen molar-refractivity contribution < 1.29 is 14.4 Å². The minimum atomic E-state index is -0.272. The summed E-state index contributed by atoms with van der Waals surface area (Å²) in [5.41, 5.74) is 1.44. The summed E-state index contributed by atoms with van der Waals surface area (Å²) in [6.45, 7) is -0.201. The molecule has 5 nitrogen and oxygen atoms in total. The average molecular weight is 374 g/mol. The number of anilines is 2. The molecule has 28 heavy (non-hydrogen) atoms. The monoisotopic (exact) mass is 374 g/mol. The maximum absolute atomic E-state index is 13.3. The zero-order chi connectivity index (χ0) is 19.3. The van der Waals surface area contributed by atoms with E-state index in [1.165, 1.54) is 4.90 Å². The Morgan fingerprint density at radius 3 is 1.75 bits per heavy atom. The van der Waals surface area contributed by atoms with Gasteiger partial charge in [0.1, 0.15) is 6.54 Å². The number of fused-ring (bicyclic) bond motifs is 5. The molecule has 5 rings (SSSR count). The van der Waals surface area contributed by atoms with Crippen LogP contribution in [0.2, 0.25) is 0 Å². The number of carbonyl (C=O) groups excluding carboxylic acids is 3. The van der Waals surface area contributed by atoms with Gasteiger partial charge in [-0.15, -0.1) is 0 Å². The third-order valence-electron chi connectivity index (χ3n) is 6.59. The van der Waals surface area contributed by atoms with Crippen molar-refractivity contribution in [1.29, 1.82) is 0 Å². The molecule has 142 valence electrons. The summed E-state index contributed by atoms with van der Waals surface area (Å²) in [6.07, 6.45) is 3.06. The van der Waals surface area contributed by atoms with Crippen LogP contribution in [0.5, 0.6) is 0 Å². The number of imide groups is 1. The number of likely N-dealkylation sites (tertiary alicyclic amines) is 1. The molecule has 1 saturated heterocycles. The maximum Gasteiger partial charge on any atom is 0.251 e. The van der Waals surface area contributed by atoms with Crippen LogP contribution in [0.15, 0.2) is 60.7 Å². The SMILES string of the molecule is O=C1[C@@H]2[C@@H]3CC[C@@H](C3)[C@@H]2C(=O)N1CC(=O)N(c1ccccc1)c1ccccc1. The molecule has 1 aliphatic heterocycles. The predicted molar refractivity (Wildman–Crippen MR) is 105 cm³/mol. The van der Waals surface area contributed by atoms with E-state index in [0.29, 0.717) is 11.8 Å². The summed E-state index contributed by atoms with van der Waals surface area (Å²) in [4.78, 5) is 42.0. The molecule has 4 atom stereocenters. The molecule has 0 unspecified atom stereocenters. The number of hydrogen-bond donors (Lipinski definition) is 0. The number of hydrogen-bond acceptors (Lipinski definition) is 3. The zero-order valence-electron chi connectivity index (χ0n) is 15.5. The first-order valence-electron chi connectivity index (χ1n) is 9.93. The summed E-state index contributed by atoms with van der Waals surface area (Å²) in [7, 11) is 0. The fraction of sp³-hybridized carbons (Fsp3) is 0.348. The van der Waals surface area contributed by atoms with Gasteiger partial charge in [0.05, 0.1) is 11.8 Å². The molecule has 5 heteroatoms. The Bertz CT molecular complexity index is 860. The summed E-state index contributed by atoms with van der Waals surface area (Å²) in [5.74, 6) is -0.293. The molecule has 3 fully saturated rings. The number of rotatable bonds is 4. The number of nitrogens with zero attached hydrogens (tertiary/aromatic N) is 2. The highest BCUT2D eigenvalue weighted by Gasteiger charge is 2.61. The van der Waals surface area contributed by atoms with Crippen LogP contribution < -0.4 is 4.90 Å². The van der Waals surface area contributed by atoms with Gasteiger partial charge in [-0.2, -0.15) is 0 Å². The van der Waals surface area contributed by atoms with Crippen LogP contribution in [0.3, 0.4) is 0 Å². The van der Waals surface area contributed by atoms with Gasteiger partial charge >= 0.3 is 0 Å². The topological polar surface area (TPSA) is 57.7 Å². The van der Waals surface area contributed by atoms with Gasteiger partial charge < -0.3 is 0 Å². The number of benzene rings is 2. The Balaban J connectivity index is 1.43. The molecule has 0 radical (unpaired) electrons. The van der Waals surface area contributed by atoms with E-state index in [4.69, 9.17) is 0 Å². The van der Waals surface area contributed by atoms with Crippen LogP contribution in [0.25, 0.3) is 0 Å². The van der Waals surface area contributed by atoms with Crippen molar-refractivity contribution in [2.75, 3.05) is 11.4 Å². The fourth-order valence-electron chi connectivity index (χ4n) is 5.42. The van der Waals surface area contributed by atoms with Gasteiger partial charge in [0, 0.05) is 11.4 Å². The van der Waals surface area contributed by atoms with Crippen molar-refractivity contribution in [2.45, 2.75) is 19.3 Å². The molecular formula is C23H22N2O3. The van der Waals surface area contributed by atoms with Gasteiger partial charge in [0.15, 0.2) is 0 Å². The van der Waals surface area contributed by atoms with Crippen molar-refractivity contribution >= 4 is 29.1 Å². The van der Waals surface area contributed by atoms with Gasteiger partial charge in [0.25, 0.3) is 5.91 Å². The fourth-order valence-corrected chi connectivity index (χ4v) is 5.42. The Labute approximate surface area is 163 Å². The van der Waals surface area contributed by atoms with E-state index < -0.39 is 0 Å². The van der Waals surface area contributed by atoms with Crippen molar-refractivity contribution in [3.05, 3.63) is 60.7 Å². The van der Waals surface area contributed by atoms with E-state index >= 15 is 0 Å². The summed E-state index contributed by atoms with van der Waals surface area (Å²) in [5, 5.41) is 0. The minimum Gasteiger partial charge on any atom is -0.280 e. The quantitative estimate of drug-likeness (QED) is 0.771. The summed E-state index contributed by atoms with van der Waals surface area (Å²) in [6, 6.07) is 18.7. The molecule has 2 aromatic rings. The molecule has 2 saturated carbocycles. The second kappa shape index (κ2) is 6.59. The van der Waals surface area contributed by atoms with Crippen LogP contribution in [0.4, 0.5) is 11.4 Å². The Morgan fingerprint density at radius 2 is 1.29 bits per heavy atom. The standard InChI is InChI=1S/C23H22N2O3/c26-19(25(17-7-3-1-4-8-17)18-9-5-2-6-10-18)14-24-22(27)20-15-11-12-16(13-15)21(20)23(24)28/h1-10,15-16,20-21H,11-14H2/t15-,16+,20-,21+. The predicted octanol–water partition coefficient (Wildman–Crippen LogP) is 3.38. The number of amides is 3. The van der Waals surface area contributed by atoms with Crippen LogP contribution in [0.1, 0.15) is 19.3 Å². The van der Waals surface area contributed by atoms with Gasteiger partial charge in [0.2, 0.25) is 11.8 Å². The smallest absolute Gasteiger partial charge is 0.251 e. The second-order valence-corrected chi connectivity index (χ2v) is 8.05. The minimum absolute atomic E-state index is 0.142. The van der Waals surface area contributed by atoms with Gasteiger partial charge in [-0.1, -0.05) is 36.4 Å². The lowest BCUT2D eigenvalue weighted by Gasteiger charge is -2.25.